The van der Waals surface area contributed by atoms with Gasteiger partial charge in [0.1, 0.15) is 11.9 Å². The lowest BCUT2D eigenvalue weighted by molar-refractivity contribution is -0.257. The molecule has 4 aliphatic rings. The molecule has 5 rings (SSSR count). The Morgan fingerprint density at radius 3 is 2.67 bits per heavy atom. The lowest BCUT2D eigenvalue weighted by Crippen LogP contribution is -2.71. The number of hydrogen-bond donors (Lipinski definition) is 1. The van der Waals surface area contributed by atoms with Crippen molar-refractivity contribution in [3.63, 3.8) is 0 Å². The number of thioether (sulfide) groups is 1. The van der Waals surface area contributed by atoms with E-state index in [9.17, 15) is 19.5 Å². The van der Waals surface area contributed by atoms with Crippen LogP contribution in [-0.4, -0.2) is 41.1 Å². The molecule has 0 radical (unpaired) electrons. The average molecular weight is 511 g/mol. The maximum absolute atomic E-state index is 13.4. The molecule has 0 saturated heterocycles. The van der Waals surface area contributed by atoms with Crippen molar-refractivity contribution in [1.82, 2.24) is 0 Å². The highest BCUT2D eigenvalue weighted by Gasteiger charge is 2.81. The van der Waals surface area contributed by atoms with E-state index in [1.807, 2.05) is 25.1 Å². The maximum atomic E-state index is 13.4. The number of Topliss-reactive ketones (excluding diaryl/α,β-unsaturated/α-hetero) is 1. The summed E-state index contributed by atoms with van der Waals surface area (Å²) in [6, 6.07) is 7.22. The van der Waals surface area contributed by atoms with Gasteiger partial charge in [-0.25, -0.2) is 0 Å². The summed E-state index contributed by atoms with van der Waals surface area (Å²) in [6.07, 6.45) is 5.09. The van der Waals surface area contributed by atoms with Gasteiger partial charge in [-0.2, -0.15) is 0 Å². The maximum Gasteiger partial charge on any atom is 0.316 e. The van der Waals surface area contributed by atoms with Gasteiger partial charge in [0.25, 0.3) is 0 Å². The molecule has 0 amide bonds. The third-order valence-corrected chi connectivity index (χ3v) is 12.1. The molecular weight excluding hydrogens is 472 g/mol. The third kappa shape index (κ3) is 3.29. The largest absolute Gasteiger partial charge is 0.461 e. The zero-order chi connectivity index (χ0) is 26.1. The molecule has 0 aromatic heterocycles. The molecule has 6 heteroatoms. The number of esters is 1. The van der Waals surface area contributed by atoms with Crippen LogP contribution in [0.2, 0.25) is 0 Å². The van der Waals surface area contributed by atoms with Crippen LogP contribution in [-0.2, 0) is 14.3 Å². The fraction of sp³-hybridized carbons (Fsp3) is 0.633. The molecule has 1 N–H and O–H groups in total. The fourth-order valence-corrected chi connectivity index (χ4v) is 9.86. The van der Waals surface area contributed by atoms with Crippen LogP contribution in [0.4, 0.5) is 0 Å². The Morgan fingerprint density at radius 2 is 1.97 bits per heavy atom. The van der Waals surface area contributed by atoms with E-state index < -0.39 is 17.6 Å². The topological polar surface area (TPSA) is 80.7 Å². The molecule has 5 nitrogen and oxygen atoms in total. The van der Waals surface area contributed by atoms with Crippen LogP contribution in [0.3, 0.4) is 0 Å². The molecule has 1 aromatic carbocycles. The zero-order valence-corrected chi connectivity index (χ0v) is 22.6. The summed E-state index contributed by atoms with van der Waals surface area (Å²) in [6.45, 7) is 12.7. The van der Waals surface area contributed by atoms with Gasteiger partial charge in [0.2, 0.25) is 0 Å². The number of ether oxygens (including phenoxy) is 1. The SMILES string of the molecule is C=C[C@]1(C)C[C@@H](OC(=O)CSc2ccccc2C=O)[C@]2(C)C(C)CC34CC(CCC3=O)(C42)[C@@H](C)[C@@H]1O. The number of hydrogen-bond acceptors (Lipinski definition) is 6. The summed E-state index contributed by atoms with van der Waals surface area (Å²) in [5.41, 5.74) is -0.899. The van der Waals surface area contributed by atoms with Gasteiger partial charge in [0.05, 0.1) is 11.9 Å². The van der Waals surface area contributed by atoms with Gasteiger partial charge in [-0.05, 0) is 54.9 Å². The molecule has 2 bridgehead atoms. The highest BCUT2D eigenvalue weighted by Crippen LogP contribution is 2.82. The van der Waals surface area contributed by atoms with E-state index in [1.54, 1.807) is 12.1 Å². The van der Waals surface area contributed by atoms with Crippen LogP contribution >= 0.6 is 11.8 Å². The van der Waals surface area contributed by atoms with Crippen LogP contribution < -0.4 is 0 Å². The molecule has 9 atom stereocenters. The van der Waals surface area contributed by atoms with Gasteiger partial charge in [-0.3, -0.25) is 14.4 Å². The van der Waals surface area contributed by atoms with Crippen molar-refractivity contribution in [2.24, 2.45) is 39.4 Å². The first-order valence-corrected chi connectivity index (χ1v) is 14.2. The highest BCUT2D eigenvalue weighted by molar-refractivity contribution is 8.00. The second kappa shape index (κ2) is 8.56. The average Bonchev–Trinajstić information content (AvgIpc) is 3.05. The van der Waals surface area contributed by atoms with Crippen LogP contribution in [0.15, 0.2) is 41.8 Å². The summed E-state index contributed by atoms with van der Waals surface area (Å²) in [7, 11) is 0. The van der Waals surface area contributed by atoms with Crippen molar-refractivity contribution < 1.29 is 24.2 Å². The molecule has 2 spiro atoms. The van der Waals surface area contributed by atoms with Gasteiger partial charge >= 0.3 is 5.97 Å². The molecule has 1 aromatic rings. The molecule has 4 saturated carbocycles. The number of carbonyl (C=O) groups is 3. The first-order chi connectivity index (χ1) is 17.0. The van der Waals surface area contributed by atoms with Crippen molar-refractivity contribution in [2.75, 3.05) is 5.75 Å². The Balaban J connectivity index is 1.49. The second-order valence-electron chi connectivity index (χ2n) is 12.5. The minimum atomic E-state index is -0.628. The van der Waals surface area contributed by atoms with E-state index >= 15 is 0 Å². The Bertz CT molecular complexity index is 1120. The first-order valence-electron chi connectivity index (χ1n) is 13.2. The monoisotopic (exact) mass is 510 g/mol. The van der Waals surface area contributed by atoms with Gasteiger partial charge < -0.3 is 9.84 Å². The first kappa shape index (κ1) is 25.7. The van der Waals surface area contributed by atoms with E-state index in [4.69, 9.17) is 4.74 Å². The number of aliphatic hydroxyl groups excluding tert-OH is 1. The standard InChI is InChI=1S/C30H38O5S/c1-6-27(4)14-23(35-24(33)16-36-21-10-8-7-9-20(21)15-31)28(5)18(2)13-30-17-29(26(28)30,12-11-22(30)32)19(3)25(27)34/h6-10,15,18-19,23,25-26,34H,1,11-14,16-17H2,2-5H3/t18?,19-,23+,25-,26?,27+,28-,29?,30?/m0/s1. The van der Waals surface area contributed by atoms with Gasteiger partial charge in [0.15, 0.2) is 6.29 Å². The van der Waals surface area contributed by atoms with E-state index in [-0.39, 0.29) is 45.7 Å². The second-order valence-corrected chi connectivity index (χ2v) is 13.5. The lowest BCUT2D eigenvalue weighted by Gasteiger charge is -2.71. The Kier molecular flexibility index (Phi) is 6.11. The lowest BCUT2D eigenvalue weighted by atomic mass is 9.32. The minimum absolute atomic E-state index is 0.0309. The predicted octanol–water partition coefficient (Wildman–Crippen LogP) is 5.50. The molecule has 194 valence electrons. The molecular formula is C30H38O5S. The van der Waals surface area contributed by atoms with Crippen LogP contribution in [0, 0.1) is 39.4 Å². The van der Waals surface area contributed by atoms with Crippen molar-refractivity contribution in [1.29, 1.82) is 0 Å². The molecule has 36 heavy (non-hydrogen) atoms. The van der Waals surface area contributed by atoms with Crippen molar-refractivity contribution in [3.8, 4) is 0 Å². The summed E-state index contributed by atoms with van der Waals surface area (Å²) in [4.78, 5) is 38.8. The molecule has 0 heterocycles. The Hall–Kier alpha value is -1.92. The van der Waals surface area contributed by atoms with Crippen molar-refractivity contribution in [3.05, 3.63) is 42.5 Å². The van der Waals surface area contributed by atoms with Gasteiger partial charge in [-0.1, -0.05) is 52.0 Å². The minimum Gasteiger partial charge on any atom is -0.461 e. The number of carbonyl (C=O) groups excluding carboxylic acids is 3. The normalized spacial score (nSPS) is 45.0. The molecule has 4 fully saturated rings. The summed E-state index contributed by atoms with van der Waals surface area (Å²) in [5, 5.41) is 11.7. The van der Waals surface area contributed by atoms with Crippen molar-refractivity contribution >= 4 is 29.8 Å². The van der Waals surface area contributed by atoms with E-state index in [0.29, 0.717) is 24.2 Å². The van der Waals surface area contributed by atoms with Crippen LogP contribution in [0.25, 0.3) is 0 Å². The quantitative estimate of drug-likeness (QED) is 0.236. The smallest absolute Gasteiger partial charge is 0.316 e. The third-order valence-electron chi connectivity index (χ3n) is 11.0. The Labute approximate surface area is 218 Å². The number of ketones is 1. The number of rotatable bonds is 6. The number of aliphatic hydroxyl groups is 1. The van der Waals surface area contributed by atoms with Crippen LogP contribution in [0.1, 0.15) is 70.2 Å². The summed E-state index contributed by atoms with van der Waals surface area (Å²) < 4.78 is 6.33. The highest BCUT2D eigenvalue weighted by atomic mass is 32.2. The molecule has 0 aliphatic heterocycles. The van der Waals surface area contributed by atoms with E-state index in [0.717, 1.165) is 30.4 Å². The van der Waals surface area contributed by atoms with Crippen molar-refractivity contribution in [2.45, 2.75) is 76.9 Å². The summed E-state index contributed by atoms with van der Waals surface area (Å²) >= 11 is 1.30. The molecule has 4 unspecified atom stereocenters. The molecule has 4 aliphatic carbocycles. The van der Waals surface area contributed by atoms with Gasteiger partial charge in [0, 0.05) is 33.1 Å². The van der Waals surface area contributed by atoms with E-state index in [1.165, 1.54) is 11.8 Å². The number of benzene rings is 1. The van der Waals surface area contributed by atoms with E-state index in [2.05, 4.69) is 27.4 Å². The summed E-state index contributed by atoms with van der Waals surface area (Å²) in [5.74, 6) is 0.473. The van der Waals surface area contributed by atoms with Crippen LogP contribution in [0.5, 0.6) is 0 Å². The van der Waals surface area contributed by atoms with Gasteiger partial charge in [-0.15, -0.1) is 18.3 Å². The number of aldehydes is 1. The zero-order valence-electron chi connectivity index (χ0n) is 21.8. The Morgan fingerprint density at radius 1 is 1.25 bits per heavy atom. The predicted molar refractivity (Wildman–Crippen MR) is 140 cm³/mol. The fourth-order valence-electron chi connectivity index (χ4n) is 9.06.